The van der Waals surface area contributed by atoms with Crippen LogP contribution in [0.5, 0.6) is 0 Å². The van der Waals surface area contributed by atoms with Gasteiger partial charge in [0.15, 0.2) is 11.4 Å². The third-order valence-corrected chi connectivity index (χ3v) is 4.45. The molecule has 142 valence electrons. The summed E-state index contributed by atoms with van der Waals surface area (Å²) in [4.78, 5) is 16.7. The molecular formula is C17H14F4N4O2. The maximum Gasteiger partial charge on any atom is 0.408 e. The number of aryl methyl sites for hydroxylation is 1. The quantitative estimate of drug-likeness (QED) is 0.701. The van der Waals surface area contributed by atoms with Gasteiger partial charge in [0, 0.05) is 11.8 Å². The second kappa shape index (κ2) is 6.07. The normalized spacial score (nSPS) is 15.9. The van der Waals surface area contributed by atoms with Gasteiger partial charge in [-0.15, -0.1) is 0 Å². The van der Waals surface area contributed by atoms with Crippen molar-refractivity contribution in [2.24, 2.45) is 5.92 Å². The minimum absolute atomic E-state index is 0.0658. The molecule has 27 heavy (non-hydrogen) atoms. The van der Waals surface area contributed by atoms with Crippen LogP contribution in [0.4, 0.5) is 17.6 Å². The van der Waals surface area contributed by atoms with Crippen LogP contribution in [-0.4, -0.2) is 32.7 Å². The Morgan fingerprint density at radius 3 is 2.70 bits per heavy atom. The Morgan fingerprint density at radius 1 is 1.37 bits per heavy atom. The number of aromatic nitrogens is 3. The van der Waals surface area contributed by atoms with Crippen LogP contribution in [0.2, 0.25) is 0 Å². The van der Waals surface area contributed by atoms with E-state index in [0.717, 1.165) is 12.3 Å². The van der Waals surface area contributed by atoms with Crippen molar-refractivity contribution in [1.29, 1.82) is 0 Å². The molecule has 0 aromatic carbocycles. The topological polar surface area (TPSA) is 72.4 Å². The number of carbonyl (C=O) groups excluding carboxylic acids is 1. The highest BCUT2D eigenvalue weighted by Gasteiger charge is 2.49. The fourth-order valence-electron chi connectivity index (χ4n) is 2.97. The largest absolute Gasteiger partial charge is 0.429 e. The van der Waals surface area contributed by atoms with E-state index >= 15 is 0 Å². The fourth-order valence-corrected chi connectivity index (χ4v) is 2.97. The second-order valence-electron chi connectivity index (χ2n) is 6.51. The van der Waals surface area contributed by atoms with E-state index in [1.54, 1.807) is 13.0 Å². The summed E-state index contributed by atoms with van der Waals surface area (Å²) in [6, 6.07) is 1.36. The summed E-state index contributed by atoms with van der Waals surface area (Å²) < 4.78 is 58.9. The number of furan rings is 1. The van der Waals surface area contributed by atoms with Gasteiger partial charge in [-0.3, -0.25) is 4.79 Å². The number of amides is 1. The van der Waals surface area contributed by atoms with Crippen LogP contribution < -0.4 is 5.32 Å². The molecule has 1 unspecified atom stereocenters. The van der Waals surface area contributed by atoms with Gasteiger partial charge in [-0.2, -0.15) is 22.7 Å². The van der Waals surface area contributed by atoms with Crippen LogP contribution in [0.1, 0.15) is 28.9 Å². The van der Waals surface area contributed by atoms with Crippen LogP contribution in [0, 0.1) is 18.9 Å². The molecule has 1 N–H and O–H groups in total. The van der Waals surface area contributed by atoms with Crippen LogP contribution in [0.3, 0.4) is 0 Å². The molecule has 0 aliphatic heterocycles. The Morgan fingerprint density at radius 2 is 2.11 bits per heavy atom. The molecule has 0 radical (unpaired) electrons. The van der Waals surface area contributed by atoms with Gasteiger partial charge in [0.1, 0.15) is 17.3 Å². The van der Waals surface area contributed by atoms with Gasteiger partial charge in [0.05, 0.1) is 6.20 Å². The maximum absolute atomic E-state index is 13.2. The predicted molar refractivity (Wildman–Crippen MR) is 85.4 cm³/mol. The predicted octanol–water partition coefficient (Wildman–Crippen LogP) is 3.51. The van der Waals surface area contributed by atoms with E-state index in [2.05, 4.69) is 15.4 Å². The highest BCUT2D eigenvalue weighted by molar-refractivity contribution is 6.00. The number of nitrogens with zero attached hydrogens (tertiary/aromatic N) is 3. The smallest absolute Gasteiger partial charge is 0.408 e. The average molecular weight is 382 g/mol. The van der Waals surface area contributed by atoms with E-state index in [0.29, 0.717) is 18.5 Å². The summed E-state index contributed by atoms with van der Waals surface area (Å²) in [6.07, 6.45) is -2.52. The summed E-state index contributed by atoms with van der Waals surface area (Å²) in [5, 5.41) is 6.07. The molecule has 1 atom stereocenters. The number of nitrogens with one attached hydrogen (secondary N) is 1. The molecule has 1 amide bonds. The standard InChI is InChI=1S/C17H14F4N4O2/c1-8-6-11(12-4-5-13(18)27-12)23-15-10(7-22-25(8)15)16(26)24-14(9-2-3-9)17(19,20)21/h4-7,9,14H,2-3H2,1H3,(H,24,26). The molecule has 0 bridgehead atoms. The lowest BCUT2D eigenvalue weighted by Gasteiger charge is -2.20. The molecule has 1 aliphatic carbocycles. The Bertz CT molecular complexity index is 1020. The summed E-state index contributed by atoms with van der Waals surface area (Å²) >= 11 is 0. The van der Waals surface area contributed by atoms with Crippen molar-refractivity contribution >= 4 is 11.6 Å². The molecule has 6 nitrogen and oxygen atoms in total. The first kappa shape index (κ1) is 17.5. The number of carbonyl (C=O) groups is 1. The summed E-state index contributed by atoms with van der Waals surface area (Å²) in [5.74, 6) is -1.38. The Kier molecular flexibility index (Phi) is 3.93. The van der Waals surface area contributed by atoms with E-state index in [1.165, 1.54) is 10.6 Å². The Balaban J connectivity index is 1.71. The average Bonchev–Trinajstić information content (AvgIpc) is 3.17. The van der Waals surface area contributed by atoms with Gasteiger partial charge in [0.25, 0.3) is 11.9 Å². The molecule has 3 aromatic rings. The summed E-state index contributed by atoms with van der Waals surface area (Å²) in [5.41, 5.74) is 0.770. The maximum atomic E-state index is 13.2. The second-order valence-corrected chi connectivity index (χ2v) is 6.51. The lowest BCUT2D eigenvalue weighted by atomic mass is 10.1. The minimum Gasteiger partial charge on any atom is -0.429 e. The molecular weight excluding hydrogens is 368 g/mol. The molecule has 1 saturated carbocycles. The lowest BCUT2D eigenvalue weighted by Crippen LogP contribution is -2.46. The van der Waals surface area contributed by atoms with E-state index in [1.807, 2.05) is 0 Å². The SMILES string of the molecule is Cc1cc(-c2ccc(F)o2)nc2c(C(=O)NC(C3CC3)C(F)(F)F)cnn12. The zero-order chi connectivity index (χ0) is 19.3. The van der Waals surface area contributed by atoms with Crippen molar-refractivity contribution in [3.63, 3.8) is 0 Å². The first-order valence-electron chi connectivity index (χ1n) is 8.22. The van der Waals surface area contributed by atoms with Gasteiger partial charge < -0.3 is 9.73 Å². The monoisotopic (exact) mass is 382 g/mol. The fraction of sp³-hybridized carbons (Fsp3) is 0.353. The van der Waals surface area contributed by atoms with Crippen LogP contribution in [0.25, 0.3) is 17.1 Å². The van der Waals surface area contributed by atoms with E-state index in [9.17, 15) is 22.4 Å². The van der Waals surface area contributed by atoms with Crippen molar-refractivity contribution in [2.75, 3.05) is 0 Å². The van der Waals surface area contributed by atoms with Crippen molar-refractivity contribution in [3.05, 3.63) is 41.7 Å². The minimum atomic E-state index is -4.53. The number of fused-ring (bicyclic) bond motifs is 1. The first-order valence-corrected chi connectivity index (χ1v) is 8.22. The highest BCUT2D eigenvalue weighted by Crippen LogP contribution is 2.40. The highest BCUT2D eigenvalue weighted by atomic mass is 19.4. The lowest BCUT2D eigenvalue weighted by molar-refractivity contribution is -0.158. The van der Waals surface area contributed by atoms with E-state index in [-0.39, 0.29) is 22.7 Å². The molecule has 4 rings (SSSR count). The number of halogens is 4. The number of hydrogen-bond acceptors (Lipinski definition) is 4. The molecule has 3 heterocycles. The third-order valence-electron chi connectivity index (χ3n) is 4.45. The number of hydrogen-bond donors (Lipinski definition) is 1. The summed E-state index contributed by atoms with van der Waals surface area (Å²) in [6.45, 7) is 1.68. The van der Waals surface area contributed by atoms with Gasteiger partial charge in [-0.25, -0.2) is 9.50 Å². The summed E-state index contributed by atoms with van der Waals surface area (Å²) in [7, 11) is 0. The van der Waals surface area contributed by atoms with Crippen molar-refractivity contribution in [2.45, 2.75) is 32.0 Å². The van der Waals surface area contributed by atoms with Crippen molar-refractivity contribution < 1.29 is 26.8 Å². The van der Waals surface area contributed by atoms with Crippen molar-refractivity contribution in [1.82, 2.24) is 19.9 Å². The van der Waals surface area contributed by atoms with E-state index < -0.39 is 30.1 Å². The van der Waals surface area contributed by atoms with Crippen LogP contribution in [0.15, 0.2) is 28.8 Å². The third kappa shape index (κ3) is 3.26. The molecule has 0 spiro atoms. The zero-order valence-corrected chi connectivity index (χ0v) is 14.0. The van der Waals surface area contributed by atoms with Crippen LogP contribution >= 0.6 is 0 Å². The van der Waals surface area contributed by atoms with Gasteiger partial charge >= 0.3 is 6.18 Å². The molecule has 0 saturated heterocycles. The first-order chi connectivity index (χ1) is 12.7. The Labute approximate surface area is 150 Å². The van der Waals surface area contributed by atoms with Gasteiger partial charge in [-0.05, 0) is 37.8 Å². The van der Waals surface area contributed by atoms with Crippen LogP contribution in [-0.2, 0) is 0 Å². The van der Waals surface area contributed by atoms with Crippen molar-refractivity contribution in [3.8, 4) is 11.5 Å². The number of alkyl halides is 3. The number of rotatable bonds is 4. The van der Waals surface area contributed by atoms with Gasteiger partial charge in [-0.1, -0.05) is 0 Å². The Hall–Kier alpha value is -2.91. The molecule has 1 fully saturated rings. The molecule has 1 aliphatic rings. The molecule has 3 aromatic heterocycles. The van der Waals surface area contributed by atoms with E-state index in [4.69, 9.17) is 4.42 Å². The van der Waals surface area contributed by atoms with Gasteiger partial charge in [0.2, 0.25) is 0 Å². The zero-order valence-electron chi connectivity index (χ0n) is 14.0. The molecule has 10 heteroatoms.